The van der Waals surface area contributed by atoms with Gasteiger partial charge in [-0.3, -0.25) is 4.72 Å². The summed E-state index contributed by atoms with van der Waals surface area (Å²) in [6.07, 6.45) is 4.58. The van der Waals surface area contributed by atoms with Gasteiger partial charge in [0.2, 0.25) is 10.0 Å². The van der Waals surface area contributed by atoms with Gasteiger partial charge in [0, 0.05) is 18.8 Å². The molecule has 30 heavy (non-hydrogen) atoms. The molecule has 3 rings (SSSR count). The van der Waals surface area contributed by atoms with Crippen LogP contribution in [0.1, 0.15) is 32.1 Å². The standard InChI is InChI=1S/C19H21F3N2O4S2/c1-24(14-5-3-2-4-6-14)30(27,28)15-9-7-13(8-10-15)23-29(25,26)17-12-11-16(20)18(21)19(17)22/h7-12,14,23H,2-6H2,1H3. The summed E-state index contributed by atoms with van der Waals surface area (Å²) in [7, 11) is -6.80. The smallest absolute Gasteiger partial charge is 0.264 e. The van der Waals surface area contributed by atoms with Gasteiger partial charge in [-0.15, -0.1) is 0 Å². The van der Waals surface area contributed by atoms with Crippen LogP contribution in [0.25, 0.3) is 0 Å². The summed E-state index contributed by atoms with van der Waals surface area (Å²) in [6.45, 7) is 0. The Morgan fingerprint density at radius 1 is 0.867 bits per heavy atom. The third-order valence-electron chi connectivity index (χ3n) is 5.16. The summed E-state index contributed by atoms with van der Waals surface area (Å²) < 4.78 is 93.9. The van der Waals surface area contributed by atoms with Crippen molar-refractivity contribution < 1.29 is 30.0 Å². The third kappa shape index (κ3) is 4.47. The SMILES string of the molecule is CN(C1CCCCC1)S(=O)(=O)c1ccc(NS(=O)(=O)c2ccc(F)c(F)c2F)cc1. The molecule has 1 N–H and O–H groups in total. The van der Waals surface area contributed by atoms with Crippen molar-refractivity contribution in [1.82, 2.24) is 4.31 Å². The molecule has 1 saturated carbocycles. The zero-order valence-corrected chi connectivity index (χ0v) is 17.7. The normalized spacial score (nSPS) is 16.0. The Bertz CT molecular complexity index is 1130. The molecule has 0 unspecified atom stereocenters. The zero-order chi connectivity index (χ0) is 22.1. The molecule has 11 heteroatoms. The quantitative estimate of drug-likeness (QED) is 0.661. The molecular weight excluding hydrogens is 441 g/mol. The third-order valence-corrected chi connectivity index (χ3v) is 8.48. The highest BCUT2D eigenvalue weighted by Gasteiger charge is 2.29. The van der Waals surface area contributed by atoms with Gasteiger partial charge in [-0.1, -0.05) is 19.3 Å². The number of anilines is 1. The molecule has 0 heterocycles. The van der Waals surface area contributed by atoms with Crippen molar-refractivity contribution in [3.63, 3.8) is 0 Å². The first kappa shape index (κ1) is 22.6. The molecule has 0 saturated heterocycles. The molecule has 1 aliphatic carbocycles. The lowest BCUT2D eigenvalue weighted by Crippen LogP contribution is -2.38. The van der Waals surface area contributed by atoms with E-state index >= 15 is 0 Å². The Morgan fingerprint density at radius 3 is 2.07 bits per heavy atom. The van der Waals surface area contributed by atoms with Crippen molar-refractivity contribution in [3.8, 4) is 0 Å². The van der Waals surface area contributed by atoms with E-state index < -0.39 is 42.4 Å². The van der Waals surface area contributed by atoms with Crippen molar-refractivity contribution in [2.24, 2.45) is 0 Å². The predicted octanol–water partition coefficient (Wildman–Crippen LogP) is 3.86. The van der Waals surface area contributed by atoms with E-state index in [9.17, 15) is 30.0 Å². The van der Waals surface area contributed by atoms with E-state index in [1.807, 2.05) is 4.72 Å². The van der Waals surface area contributed by atoms with Crippen molar-refractivity contribution in [1.29, 1.82) is 0 Å². The van der Waals surface area contributed by atoms with Crippen molar-refractivity contribution in [3.05, 3.63) is 53.8 Å². The first-order chi connectivity index (χ1) is 14.0. The summed E-state index contributed by atoms with van der Waals surface area (Å²) in [5.41, 5.74) is -0.0570. The summed E-state index contributed by atoms with van der Waals surface area (Å²) in [5, 5.41) is 0. The fourth-order valence-electron chi connectivity index (χ4n) is 3.43. The lowest BCUT2D eigenvalue weighted by Gasteiger charge is -2.30. The lowest BCUT2D eigenvalue weighted by molar-refractivity contribution is 0.286. The molecule has 0 atom stereocenters. The van der Waals surface area contributed by atoms with E-state index in [1.54, 1.807) is 0 Å². The number of halogens is 3. The van der Waals surface area contributed by atoms with Crippen LogP contribution in [0.4, 0.5) is 18.9 Å². The highest BCUT2D eigenvalue weighted by molar-refractivity contribution is 7.92. The molecule has 0 aliphatic heterocycles. The molecule has 0 aromatic heterocycles. The topological polar surface area (TPSA) is 83.6 Å². The average molecular weight is 463 g/mol. The van der Waals surface area contributed by atoms with Gasteiger partial charge in [0.15, 0.2) is 17.5 Å². The van der Waals surface area contributed by atoms with Crippen LogP contribution in [0, 0.1) is 17.5 Å². The average Bonchev–Trinajstić information content (AvgIpc) is 2.72. The van der Waals surface area contributed by atoms with Gasteiger partial charge in [0.05, 0.1) is 4.90 Å². The Morgan fingerprint density at radius 2 is 1.47 bits per heavy atom. The van der Waals surface area contributed by atoms with E-state index in [1.165, 1.54) is 35.6 Å². The van der Waals surface area contributed by atoms with Gasteiger partial charge in [-0.25, -0.2) is 30.0 Å². The van der Waals surface area contributed by atoms with E-state index in [2.05, 4.69) is 0 Å². The Kier molecular flexibility index (Phi) is 6.44. The minimum absolute atomic E-state index is 0.0162. The second kappa shape index (κ2) is 8.56. The maximum atomic E-state index is 13.8. The second-order valence-corrected chi connectivity index (χ2v) is 10.8. The number of nitrogens with one attached hydrogen (secondary N) is 1. The number of rotatable bonds is 6. The van der Waals surface area contributed by atoms with Crippen LogP contribution in [0.3, 0.4) is 0 Å². The van der Waals surface area contributed by atoms with Crippen LogP contribution in [0.2, 0.25) is 0 Å². The number of nitrogens with zero attached hydrogens (tertiary/aromatic N) is 1. The summed E-state index contributed by atoms with van der Waals surface area (Å²) in [5.74, 6) is -5.25. The number of hydrogen-bond donors (Lipinski definition) is 1. The van der Waals surface area contributed by atoms with Crippen LogP contribution in [0.5, 0.6) is 0 Å². The van der Waals surface area contributed by atoms with Gasteiger partial charge in [0.1, 0.15) is 4.90 Å². The molecule has 164 valence electrons. The van der Waals surface area contributed by atoms with Gasteiger partial charge in [0.25, 0.3) is 10.0 Å². The molecule has 2 aromatic rings. The molecule has 6 nitrogen and oxygen atoms in total. The van der Waals surface area contributed by atoms with Gasteiger partial charge in [-0.2, -0.15) is 4.31 Å². The van der Waals surface area contributed by atoms with Crippen molar-refractivity contribution >= 4 is 25.7 Å². The van der Waals surface area contributed by atoms with E-state index in [4.69, 9.17) is 0 Å². The first-order valence-electron chi connectivity index (χ1n) is 9.28. The molecular formula is C19H21F3N2O4S2. The minimum Gasteiger partial charge on any atom is -0.280 e. The van der Waals surface area contributed by atoms with Crippen LogP contribution in [-0.2, 0) is 20.0 Å². The second-order valence-electron chi connectivity index (χ2n) is 7.12. The number of sulfonamides is 2. The maximum Gasteiger partial charge on any atom is 0.264 e. The van der Waals surface area contributed by atoms with Gasteiger partial charge >= 0.3 is 0 Å². The Balaban J connectivity index is 1.81. The molecule has 2 aromatic carbocycles. The largest absolute Gasteiger partial charge is 0.280 e. The van der Waals surface area contributed by atoms with Gasteiger partial charge in [-0.05, 0) is 49.2 Å². The Hall–Kier alpha value is -2.11. The number of hydrogen-bond acceptors (Lipinski definition) is 4. The minimum atomic E-state index is -4.56. The molecule has 1 aliphatic rings. The van der Waals surface area contributed by atoms with E-state index in [-0.39, 0.29) is 16.6 Å². The van der Waals surface area contributed by atoms with Crippen molar-refractivity contribution in [2.45, 2.75) is 47.9 Å². The highest BCUT2D eigenvalue weighted by Crippen LogP contribution is 2.28. The first-order valence-corrected chi connectivity index (χ1v) is 12.2. The summed E-state index contributed by atoms with van der Waals surface area (Å²) in [6, 6.07) is 5.90. The van der Waals surface area contributed by atoms with Crippen LogP contribution >= 0.6 is 0 Å². The van der Waals surface area contributed by atoms with Gasteiger partial charge < -0.3 is 0 Å². The fraction of sp³-hybridized carbons (Fsp3) is 0.368. The fourth-order valence-corrected chi connectivity index (χ4v) is 5.97. The molecule has 0 bridgehead atoms. The number of benzene rings is 2. The summed E-state index contributed by atoms with van der Waals surface area (Å²) >= 11 is 0. The van der Waals surface area contributed by atoms with Crippen LogP contribution in [-0.4, -0.2) is 34.2 Å². The monoisotopic (exact) mass is 462 g/mol. The maximum absolute atomic E-state index is 13.8. The van der Waals surface area contributed by atoms with Crippen LogP contribution in [0.15, 0.2) is 46.2 Å². The van der Waals surface area contributed by atoms with Crippen LogP contribution < -0.4 is 4.72 Å². The molecule has 0 amide bonds. The molecule has 0 radical (unpaired) electrons. The Labute approximate surface area is 173 Å². The zero-order valence-electron chi connectivity index (χ0n) is 16.1. The highest BCUT2D eigenvalue weighted by atomic mass is 32.2. The lowest BCUT2D eigenvalue weighted by atomic mass is 9.96. The predicted molar refractivity (Wildman–Crippen MR) is 105 cm³/mol. The van der Waals surface area contributed by atoms with E-state index in [0.717, 1.165) is 32.1 Å². The summed E-state index contributed by atoms with van der Waals surface area (Å²) in [4.78, 5) is -1.08. The molecule has 1 fully saturated rings. The van der Waals surface area contributed by atoms with E-state index in [0.29, 0.717) is 12.1 Å². The molecule has 0 spiro atoms. The van der Waals surface area contributed by atoms with Crippen molar-refractivity contribution in [2.75, 3.05) is 11.8 Å².